The third kappa shape index (κ3) is 4.12. The Labute approximate surface area is 198 Å². The first-order valence-electron chi connectivity index (χ1n) is 11.6. The van der Waals surface area contributed by atoms with E-state index in [4.69, 9.17) is 14.6 Å². The maximum absolute atomic E-state index is 13.9. The summed E-state index contributed by atoms with van der Waals surface area (Å²) in [6.07, 6.45) is 3.70. The number of likely N-dealkylation sites (tertiary alicyclic amines) is 1. The molecule has 3 aliphatic rings. The van der Waals surface area contributed by atoms with Crippen LogP contribution in [-0.4, -0.2) is 87.6 Å². The van der Waals surface area contributed by atoms with Gasteiger partial charge in [0.15, 0.2) is 0 Å². The van der Waals surface area contributed by atoms with Crippen LogP contribution in [0.1, 0.15) is 46.5 Å². The van der Waals surface area contributed by atoms with Crippen LogP contribution in [0.2, 0.25) is 0 Å². The van der Waals surface area contributed by atoms with E-state index in [1.165, 1.54) is 0 Å². The van der Waals surface area contributed by atoms with Crippen molar-refractivity contribution in [3.63, 3.8) is 0 Å². The second-order valence-electron chi connectivity index (χ2n) is 9.10. The zero-order valence-electron chi connectivity index (χ0n) is 19.2. The number of carbonyl (C=O) groups excluding carboxylic acids is 3. The summed E-state index contributed by atoms with van der Waals surface area (Å²) in [5.74, 6) is -2.30. The Bertz CT molecular complexity index is 746. The standard InChI is InChI=1S/C23H35BrN2O6/c1-5-10-25(14(3)4)21(29)19-23-13-15(24)18(32-23)16(22(30)31-6-2)17(23)20(28)26(19)11-8-7-9-12-27/h5,14-19,27H,1,6-13H2,2-4H3/t15?,16-,17-,18-,19?,23?/m0/s1. The SMILES string of the molecule is C=CCN(C(=O)C1N(CCCCCO)C(=O)[C@@H]2[C@H](C(=O)OCC)[C@H]3OC12CC3Br)C(C)C. The van der Waals surface area contributed by atoms with Gasteiger partial charge in [-0.3, -0.25) is 14.4 Å². The summed E-state index contributed by atoms with van der Waals surface area (Å²) in [5, 5.41) is 9.11. The topological polar surface area (TPSA) is 96.4 Å². The van der Waals surface area contributed by atoms with E-state index in [2.05, 4.69) is 22.5 Å². The lowest BCUT2D eigenvalue weighted by atomic mass is 9.70. The highest BCUT2D eigenvalue weighted by Crippen LogP contribution is 2.60. The number of nitrogens with zero attached hydrogens (tertiary/aromatic N) is 2. The lowest BCUT2D eigenvalue weighted by molar-refractivity contribution is -0.155. The van der Waals surface area contributed by atoms with Gasteiger partial charge in [0.2, 0.25) is 11.8 Å². The van der Waals surface area contributed by atoms with Gasteiger partial charge in [0.25, 0.3) is 0 Å². The van der Waals surface area contributed by atoms with Gasteiger partial charge in [-0.1, -0.05) is 22.0 Å². The predicted octanol–water partition coefficient (Wildman–Crippen LogP) is 1.88. The van der Waals surface area contributed by atoms with E-state index in [-0.39, 0.29) is 35.9 Å². The quantitative estimate of drug-likeness (QED) is 0.196. The number of aliphatic hydroxyl groups is 1. The third-order valence-electron chi connectivity index (χ3n) is 6.87. The van der Waals surface area contributed by atoms with E-state index in [0.29, 0.717) is 32.4 Å². The van der Waals surface area contributed by atoms with E-state index < -0.39 is 35.6 Å². The molecule has 0 aromatic rings. The minimum absolute atomic E-state index is 0.0819. The Morgan fingerprint density at radius 3 is 2.72 bits per heavy atom. The highest BCUT2D eigenvalue weighted by Gasteiger charge is 2.77. The molecule has 8 nitrogen and oxygen atoms in total. The van der Waals surface area contributed by atoms with Crippen LogP contribution in [0.3, 0.4) is 0 Å². The first kappa shape index (κ1) is 25.2. The summed E-state index contributed by atoms with van der Waals surface area (Å²) in [4.78, 5) is 43.6. The van der Waals surface area contributed by atoms with Crippen LogP contribution in [0.4, 0.5) is 0 Å². The van der Waals surface area contributed by atoms with Crippen molar-refractivity contribution in [1.82, 2.24) is 9.80 Å². The van der Waals surface area contributed by atoms with Crippen molar-refractivity contribution in [3.8, 4) is 0 Å². The summed E-state index contributed by atoms with van der Waals surface area (Å²) >= 11 is 3.64. The van der Waals surface area contributed by atoms with E-state index >= 15 is 0 Å². The summed E-state index contributed by atoms with van der Waals surface area (Å²) in [6.45, 7) is 10.4. The highest BCUT2D eigenvalue weighted by atomic mass is 79.9. The molecule has 1 spiro atoms. The molecule has 3 aliphatic heterocycles. The highest BCUT2D eigenvalue weighted by molar-refractivity contribution is 9.09. The van der Waals surface area contributed by atoms with Crippen LogP contribution in [0.5, 0.6) is 0 Å². The predicted molar refractivity (Wildman–Crippen MR) is 122 cm³/mol. The van der Waals surface area contributed by atoms with Gasteiger partial charge in [-0.05, 0) is 46.5 Å². The lowest BCUT2D eigenvalue weighted by Gasteiger charge is -2.38. The molecule has 2 amide bonds. The molecular weight excluding hydrogens is 480 g/mol. The summed E-state index contributed by atoms with van der Waals surface area (Å²) < 4.78 is 11.7. The molecule has 32 heavy (non-hydrogen) atoms. The number of amides is 2. The molecule has 3 rings (SSSR count). The minimum atomic E-state index is -1.06. The molecule has 3 fully saturated rings. The van der Waals surface area contributed by atoms with Gasteiger partial charge in [0, 0.05) is 30.6 Å². The van der Waals surface area contributed by atoms with E-state index in [9.17, 15) is 14.4 Å². The molecule has 0 aromatic carbocycles. The second kappa shape index (κ2) is 10.2. The molecule has 180 valence electrons. The Kier molecular flexibility index (Phi) is 8.04. The van der Waals surface area contributed by atoms with Crippen molar-refractivity contribution in [2.75, 3.05) is 26.3 Å². The number of hydrogen-bond acceptors (Lipinski definition) is 6. The van der Waals surface area contributed by atoms with Crippen molar-refractivity contribution >= 4 is 33.7 Å². The Morgan fingerprint density at radius 2 is 2.12 bits per heavy atom. The number of halogens is 1. The number of alkyl halides is 1. The van der Waals surface area contributed by atoms with Gasteiger partial charge in [-0.2, -0.15) is 0 Å². The van der Waals surface area contributed by atoms with Gasteiger partial charge in [0.05, 0.1) is 24.5 Å². The summed E-state index contributed by atoms with van der Waals surface area (Å²) in [6, 6.07) is -0.887. The number of rotatable bonds is 11. The molecule has 9 heteroatoms. The number of hydrogen-bond donors (Lipinski definition) is 1. The zero-order chi connectivity index (χ0) is 23.6. The van der Waals surface area contributed by atoms with Crippen LogP contribution in [0.15, 0.2) is 12.7 Å². The minimum Gasteiger partial charge on any atom is -0.466 e. The number of carbonyl (C=O) groups is 3. The average molecular weight is 515 g/mol. The van der Waals surface area contributed by atoms with Crippen LogP contribution in [0.25, 0.3) is 0 Å². The van der Waals surface area contributed by atoms with Gasteiger partial charge in [-0.25, -0.2) is 0 Å². The first-order valence-corrected chi connectivity index (χ1v) is 12.5. The van der Waals surface area contributed by atoms with E-state index in [0.717, 1.165) is 6.42 Å². The monoisotopic (exact) mass is 514 g/mol. The lowest BCUT2D eigenvalue weighted by Crippen LogP contribution is -2.58. The van der Waals surface area contributed by atoms with Crippen LogP contribution in [0, 0.1) is 11.8 Å². The second-order valence-corrected chi connectivity index (χ2v) is 10.3. The fourth-order valence-electron chi connectivity index (χ4n) is 5.58. The Balaban J connectivity index is 2.01. The van der Waals surface area contributed by atoms with Crippen molar-refractivity contribution < 1.29 is 29.0 Å². The molecule has 3 saturated heterocycles. The normalized spacial score (nSPS) is 33.0. The fraction of sp³-hybridized carbons (Fsp3) is 0.783. The first-order chi connectivity index (χ1) is 15.2. The Hall–Kier alpha value is -1.45. The summed E-state index contributed by atoms with van der Waals surface area (Å²) in [5.41, 5.74) is -1.06. The molecular formula is C23H35BrN2O6. The molecule has 3 unspecified atom stereocenters. The smallest absolute Gasteiger partial charge is 0.312 e. The molecule has 2 bridgehead atoms. The maximum atomic E-state index is 13.9. The third-order valence-corrected chi connectivity index (χ3v) is 7.72. The largest absolute Gasteiger partial charge is 0.466 e. The molecule has 6 atom stereocenters. The van der Waals surface area contributed by atoms with Gasteiger partial charge in [-0.15, -0.1) is 6.58 Å². The van der Waals surface area contributed by atoms with Crippen LogP contribution in [-0.2, 0) is 23.9 Å². The van der Waals surface area contributed by atoms with Gasteiger partial charge in [0.1, 0.15) is 11.6 Å². The molecule has 3 heterocycles. The van der Waals surface area contributed by atoms with Gasteiger partial charge >= 0.3 is 5.97 Å². The molecule has 0 aromatic heterocycles. The van der Waals surface area contributed by atoms with E-state index in [1.807, 2.05) is 13.8 Å². The summed E-state index contributed by atoms with van der Waals surface area (Å²) in [7, 11) is 0. The number of aliphatic hydroxyl groups excluding tert-OH is 1. The van der Waals surface area contributed by atoms with Crippen LogP contribution >= 0.6 is 15.9 Å². The number of fused-ring (bicyclic) bond motifs is 1. The van der Waals surface area contributed by atoms with Crippen molar-refractivity contribution in [3.05, 3.63) is 12.7 Å². The molecule has 0 saturated carbocycles. The van der Waals surface area contributed by atoms with E-state index in [1.54, 1.807) is 22.8 Å². The average Bonchev–Trinajstić information content (AvgIpc) is 3.32. The molecule has 0 radical (unpaired) electrons. The van der Waals surface area contributed by atoms with Gasteiger partial charge < -0.3 is 24.4 Å². The molecule has 1 N–H and O–H groups in total. The van der Waals surface area contributed by atoms with Crippen molar-refractivity contribution in [2.24, 2.45) is 11.8 Å². The fourth-order valence-corrected chi connectivity index (χ4v) is 6.52. The zero-order valence-corrected chi connectivity index (χ0v) is 20.8. The number of unbranched alkanes of at least 4 members (excludes halogenated alkanes) is 2. The van der Waals surface area contributed by atoms with Crippen LogP contribution < -0.4 is 0 Å². The maximum Gasteiger partial charge on any atom is 0.312 e. The number of esters is 1. The molecule has 0 aliphatic carbocycles. The number of ether oxygens (including phenoxy) is 2. The van der Waals surface area contributed by atoms with Crippen molar-refractivity contribution in [1.29, 1.82) is 0 Å². The Morgan fingerprint density at radius 1 is 1.41 bits per heavy atom. The van der Waals surface area contributed by atoms with Crippen molar-refractivity contribution in [2.45, 2.75) is 75.1 Å².